The smallest absolute Gasteiger partial charge is 0.220 e. The van der Waals surface area contributed by atoms with Gasteiger partial charge < -0.3 is 11.1 Å². The lowest BCUT2D eigenvalue weighted by atomic mass is 10.0. The number of benzene rings is 2. The first kappa shape index (κ1) is 17.3. The van der Waals surface area contributed by atoms with Crippen LogP contribution in [-0.2, 0) is 16.1 Å². The standard InChI is InChI=1S/C17H16Cl2N2O2/c18-13-5-6-14(15(19)9-13)12-3-1-11(2-4-12)10-21-17(23)8-7-16(20)22/h1-6,9H,7-8,10H2,(H2,20,22)(H,21,23). The van der Waals surface area contributed by atoms with Crippen LogP contribution in [0.25, 0.3) is 11.1 Å². The predicted molar refractivity (Wildman–Crippen MR) is 92.2 cm³/mol. The van der Waals surface area contributed by atoms with E-state index in [1.54, 1.807) is 12.1 Å². The summed E-state index contributed by atoms with van der Waals surface area (Å²) in [5.74, 6) is -0.682. The molecule has 23 heavy (non-hydrogen) atoms. The lowest BCUT2D eigenvalue weighted by Crippen LogP contribution is -2.24. The summed E-state index contributed by atoms with van der Waals surface area (Å²) in [7, 11) is 0. The maximum absolute atomic E-state index is 11.5. The van der Waals surface area contributed by atoms with Crippen LogP contribution < -0.4 is 11.1 Å². The zero-order valence-electron chi connectivity index (χ0n) is 12.3. The van der Waals surface area contributed by atoms with E-state index in [1.165, 1.54) is 0 Å². The molecule has 2 amide bonds. The number of amides is 2. The van der Waals surface area contributed by atoms with Gasteiger partial charge in [-0.2, -0.15) is 0 Å². The third-order valence-electron chi connectivity index (χ3n) is 3.28. The van der Waals surface area contributed by atoms with Crippen LogP contribution in [0.4, 0.5) is 0 Å². The highest BCUT2D eigenvalue weighted by Crippen LogP contribution is 2.30. The Labute approximate surface area is 144 Å². The summed E-state index contributed by atoms with van der Waals surface area (Å²) in [5.41, 5.74) is 7.82. The molecule has 0 atom stereocenters. The topological polar surface area (TPSA) is 72.2 Å². The zero-order chi connectivity index (χ0) is 16.8. The Morgan fingerprint density at radius 2 is 1.70 bits per heavy atom. The second-order valence-electron chi connectivity index (χ2n) is 5.06. The molecule has 0 radical (unpaired) electrons. The summed E-state index contributed by atoms with van der Waals surface area (Å²) in [5, 5.41) is 3.92. The lowest BCUT2D eigenvalue weighted by molar-refractivity contribution is -0.125. The average Bonchev–Trinajstić information content (AvgIpc) is 2.51. The van der Waals surface area contributed by atoms with Gasteiger partial charge in [0, 0.05) is 35.0 Å². The van der Waals surface area contributed by atoms with Crippen LogP contribution in [0.1, 0.15) is 18.4 Å². The van der Waals surface area contributed by atoms with Gasteiger partial charge in [0.2, 0.25) is 11.8 Å². The number of primary amides is 1. The minimum atomic E-state index is -0.482. The van der Waals surface area contributed by atoms with Crippen molar-refractivity contribution in [3.05, 3.63) is 58.1 Å². The number of nitrogens with one attached hydrogen (secondary N) is 1. The van der Waals surface area contributed by atoms with Gasteiger partial charge in [0.1, 0.15) is 0 Å². The number of hydrogen-bond acceptors (Lipinski definition) is 2. The summed E-state index contributed by atoms with van der Waals surface area (Å²) in [4.78, 5) is 22.2. The summed E-state index contributed by atoms with van der Waals surface area (Å²) < 4.78 is 0. The van der Waals surface area contributed by atoms with E-state index in [9.17, 15) is 9.59 Å². The van der Waals surface area contributed by atoms with Gasteiger partial charge in [-0.15, -0.1) is 0 Å². The van der Waals surface area contributed by atoms with Gasteiger partial charge in [-0.3, -0.25) is 9.59 Å². The second-order valence-corrected chi connectivity index (χ2v) is 5.91. The van der Waals surface area contributed by atoms with Crippen molar-refractivity contribution in [1.29, 1.82) is 0 Å². The van der Waals surface area contributed by atoms with E-state index < -0.39 is 5.91 Å². The molecular weight excluding hydrogens is 335 g/mol. The van der Waals surface area contributed by atoms with E-state index in [4.69, 9.17) is 28.9 Å². The average molecular weight is 351 g/mol. The quantitative estimate of drug-likeness (QED) is 0.836. The minimum absolute atomic E-state index is 0.0554. The molecule has 0 aliphatic rings. The molecule has 0 saturated carbocycles. The predicted octanol–water partition coefficient (Wildman–Crippen LogP) is 3.54. The molecule has 6 heteroatoms. The van der Waals surface area contributed by atoms with Crippen molar-refractivity contribution in [3.8, 4) is 11.1 Å². The Morgan fingerprint density at radius 3 is 2.30 bits per heavy atom. The largest absolute Gasteiger partial charge is 0.370 e. The molecule has 0 aliphatic carbocycles. The highest BCUT2D eigenvalue weighted by atomic mass is 35.5. The first-order valence-corrected chi connectivity index (χ1v) is 7.80. The fraction of sp³-hybridized carbons (Fsp3) is 0.176. The Hall–Kier alpha value is -2.04. The Kier molecular flexibility index (Phi) is 6.02. The number of halogens is 2. The van der Waals surface area contributed by atoms with Crippen molar-refractivity contribution in [2.75, 3.05) is 0 Å². The fourth-order valence-electron chi connectivity index (χ4n) is 2.05. The van der Waals surface area contributed by atoms with Crippen LogP contribution in [-0.4, -0.2) is 11.8 Å². The molecule has 2 rings (SSSR count). The van der Waals surface area contributed by atoms with Crippen molar-refractivity contribution in [2.24, 2.45) is 5.73 Å². The highest BCUT2D eigenvalue weighted by Gasteiger charge is 2.06. The molecule has 0 bridgehead atoms. The molecule has 0 aromatic heterocycles. The zero-order valence-corrected chi connectivity index (χ0v) is 13.8. The SMILES string of the molecule is NC(=O)CCC(=O)NCc1ccc(-c2ccc(Cl)cc2Cl)cc1. The molecule has 3 N–H and O–H groups in total. The monoisotopic (exact) mass is 350 g/mol. The van der Waals surface area contributed by atoms with Gasteiger partial charge in [-0.1, -0.05) is 53.5 Å². The van der Waals surface area contributed by atoms with Gasteiger partial charge in [-0.25, -0.2) is 0 Å². The van der Waals surface area contributed by atoms with E-state index in [1.807, 2.05) is 30.3 Å². The van der Waals surface area contributed by atoms with Gasteiger partial charge in [0.15, 0.2) is 0 Å². The van der Waals surface area contributed by atoms with Crippen LogP contribution in [0, 0.1) is 0 Å². The molecule has 0 unspecified atom stereocenters. The Bertz CT molecular complexity index is 715. The van der Waals surface area contributed by atoms with E-state index in [0.29, 0.717) is 16.6 Å². The molecule has 0 spiro atoms. The fourth-order valence-corrected chi connectivity index (χ4v) is 2.57. The van der Waals surface area contributed by atoms with Crippen molar-refractivity contribution in [3.63, 3.8) is 0 Å². The molecule has 4 nitrogen and oxygen atoms in total. The summed E-state index contributed by atoms with van der Waals surface area (Å²) in [6, 6.07) is 13.0. The van der Waals surface area contributed by atoms with Crippen LogP contribution in [0.5, 0.6) is 0 Å². The Balaban J connectivity index is 1.97. The maximum atomic E-state index is 11.5. The molecular formula is C17H16Cl2N2O2. The van der Waals surface area contributed by atoms with Crippen molar-refractivity contribution in [2.45, 2.75) is 19.4 Å². The van der Waals surface area contributed by atoms with Gasteiger partial charge in [0.25, 0.3) is 0 Å². The first-order valence-electron chi connectivity index (χ1n) is 7.05. The third-order valence-corrected chi connectivity index (χ3v) is 3.83. The number of hydrogen-bond donors (Lipinski definition) is 2. The molecule has 2 aromatic rings. The summed E-state index contributed by atoms with van der Waals surface area (Å²) in [6.07, 6.45) is 0.160. The van der Waals surface area contributed by atoms with E-state index in [-0.39, 0.29) is 18.7 Å². The van der Waals surface area contributed by atoms with Crippen molar-refractivity contribution < 1.29 is 9.59 Å². The summed E-state index contributed by atoms with van der Waals surface area (Å²) >= 11 is 12.1. The summed E-state index contributed by atoms with van der Waals surface area (Å²) in [6.45, 7) is 0.395. The van der Waals surface area contributed by atoms with Crippen LogP contribution in [0.15, 0.2) is 42.5 Å². The lowest BCUT2D eigenvalue weighted by Gasteiger charge is -2.08. The molecule has 0 fully saturated rings. The van der Waals surface area contributed by atoms with E-state index in [0.717, 1.165) is 16.7 Å². The first-order chi connectivity index (χ1) is 11.0. The number of carbonyl (C=O) groups excluding carboxylic acids is 2. The van der Waals surface area contributed by atoms with Gasteiger partial charge in [0.05, 0.1) is 0 Å². The second kappa shape index (κ2) is 7.99. The van der Waals surface area contributed by atoms with Crippen LogP contribution >= 0.6 is 23.2 Å². The van der Waals surface area contributed by atoms with Gasteiger partial charge >= 0.3 is 0 Å². The number of carbonyl (C=O) groups is 2. The molecule has 0 aliphatic heterocycles. The molecule has 0 saturated heterocycles. The highest BCUT2D eigenvalue weighted by molar-refractivity contribution is 6.36. The minimum Gasteiger partial charge on any atom is -0.370 e. The number of rotatable bonds is 6. The van der Waals surface area contributed by atoms with Gasteiger partial charge in [-0.05, 0) is 23.3 Å². The third kappa shape index (κ3) is 5.27. The Morgan fingerprint density at radius 1 is 1.00 bits per heavy atom. The van der Waals surface area contributed by atoms with E-state index in [2.05, 4.69) is 5.32 Å². The van der Waals surface area contributed by atoms with E-state index >= 15 is 0 Å². The van der Waals surface area contributed by atoms with Crippen LogP contribution in [0.2, 0.25) is 10.0 Å². The molecule has 0 heterocycles. The number of nitrogens with two attached hydrogens (primary N) is 1. The van der Waals surface area contributed by atoms with Crippen molar-refractivity contribution in [1.82, 2.24) is 5.32 Å². The van der Waals surface area contributed by atoms with Crippen molar-refractivity contribution >= 4 is 35.0 Å². The molecule has 120 valence electrons. The normalized spacial score (nSPS) is 10.3. The van der Waals surface area contributed by atoms with Crippen LogP contribution in [0.3, 0.4) is 0 Å². The maximum Gasteiger partial charge on any atom is 0.220 e. The molecule has 2 aromatic carbocycles.